The van der Waals surface area contributed by atoms with Crippen LogP contribution in [0.1, 0.15) is 22.3 Å². The zero-order valence-corrected chi connectivity index (χ0v) is 14.5. The fraction of sp³-hybridized carbons (Fsp3) is 0.0909. The number of hydrogen-bond acceptors (Lipinski definition) is 4. The zero-order valence-electron chi connectivity index (χ0n) is 14.5. The summed E-state index contributed by atoms with van der Waals surface area (Å²) in [4.78, 5) is 0. The molecule has 126 valence electrons. The predicted molar refractivity (Wildman–Crippen MR) is 98.4 cm³/mol. The van der Waals surface area contributed by atoms with Crippen LogP contribution in [-0.4, -0.2) is 0 Å². The highest BCUT2D eigenvalue weighted by Gasteiger charge is 2.14. The minimum atomic E-state index is 0.242. The van der Waals surface area contributed by atoms with Crippen LogP contribution < -0.4 is 9.47 Å². The molecule has 26 heavy (non-hydrogen) atoms. The number of nitrogens with zero attached hydrogens (tertiary/aromatic N) is 2. The molecular weight excluding hydrogens is 324 g/mol. The Morgan fingerprint density at radius 2 is 0.962 bits per heavy atom. The molecular formula is C22H16N2O2. The molecule has 0 N–H and O–H groups in total. The number of ether oxygens (including phenoxy) is 2. The van der Waals surface area contributed by atoms with Crippen molar-refractivity contribution in [1.29, 1.82) is 10.5 Å². The fourth-order valence-electron chi connectivity index (χ4n) is 2.37. The van der Waals surface area contributed by atoms with Crippen molar-refractivity contribution in [2.75, 3.05) is 0 Å². The van der Waals surface area contributed by atoms with Gasteiger partial charge in [0.1, 0.15) is 23.6 Å². The van der Waals surface area contributed by atoms with E-state index in [0.717, 1.165) is 11.1 Å². The van der Waals surface area contributed by atoms with Gasteiger partial charge in [-0.25, -0.2) is 0 Å². The molecule has 0 aliphatic heterocycles. The van der Waals surface area contributed by atoms with E-state index in [1.807, 2.05) is 74.5 Å². The molecule has 0 spiro atoms. The third kappa shape index (κ3) is 3.83. The molecule has 0 atom stereocenters. The summed E-state index contributed by atoms with van der Waals surface area (Å²) in [5, 5.41) is 18.6. The number of nitriles is 2. The second-order valence-electron chi connectivity index (χ2n) is 5.90. The van der Waals surface area contributed by atoms with Crippen molar-refractivity contribution in [1.82, 2.24) is 0 Å². The van der Waals surface area contributed by atoms with Gasteiger partial charge in [0, 0.05) is 12.1 Å². The Bertz CT molecular complexity index is 924. The third-order valence-electron chi connectivity index (χ3n) is 3.82. The lowest BCUT2D eigenvalue weighted by Crippen LogP contribution is -1.94. The van der Waals surface area contributed by atoms with Gasteiger partial charge in [0.25, 0.3) is 0 Å². The summed E-state index contributed by atoms with van der Waals surface area (Å²) in [6.45, 7) is 3.98. The Hall–Kier alpha value is -3.76. The number of rotatable bonds is 4. The molecule has 0 bridgehead atoms. The van der Waals surface area contributed by atoms with Crippen LogP contribution in [0, 0.1) is 36.5 Å². The summed E-state index contributed by atoms with van der Waals surface area (Å²) in [5.41, 5.74) is 2.72. The SMILES string of the molecule is Cc1ccc(Oc2cc(C#N)c(C#N)cc2Oc2ccc(C)cc2)cc1. The van der Waals surface area contributed by atoms with Crippen LogP contribution in [-0.2, 0) is 0 Å². The fourth-order valence-corrected chi connectivity index (χ4v) is 2.37. The Balaban J connectivity index is 2.02. The van der Waals surface area contributed by atoms with Crippen LogP contribution in [0.15, 0.2) is 60.7 Å². The highest BCUT2D eigenvalue weighted by molar-refractivity contribution is 5.57. The van der Waals surface area contributed by atoms with E-state index in [1.54, 1.807) is 0 Å². The largest absolute Gasteiger partial charge is 0.453 e. The van der Waals surface area contributed by atoms with E-state index in [9.17, 15) is 10.5 Å². The van der Waals surface area contributed by atoms with E-state index in [1.165, 1.54) is 12.1 Å². The standard InChI is InChI=1S/C22H16N2O2/c1-15-3-7-19(8-4-15)25-21-11-17(13-23)18(14-24)12-22(21)26-20-9-5-16(2)6-10-20/h3-12H,1-2H3. The minimum absolute atomic E-state index is 0.242. The van der Waals surface area contributed by atoms with E-state index in [4.69, 9.17) is 9.47 Å². The van der Waals surface area contributed by atoms with E-state index in [-0.39, 0.29) is 11.1 Å². The van der Waals surface area contributed by atoms with Gasteiger partial charge in [0.05, 0.1) is 11.1 Å². The summed E-state index contributed by atoms with van der Waals surface area (Å²) < 4.78 is 11.8. The van der Waals surface area contributed by atoms with Gasteiger partial charge in [-0.1, -0.05) is 35.4 Å². The normalized spacial score (nSPS) is 9.85. The van der Waals surface area contributed by atoms with Crippen LogP contribution in [0.3, 0.4) is 0 Å². The van der Waals surface area contributed by atoms with Gasteiger partial charge in [0.2, 0.25) is 0 Å². The van der Waals surface area contributed by atoms with Crippen LogP contribution in [0.4, 0.5) is 0 Å². The molecule has 0 amide bonds. The molecule has 0 saturated carbocycles. The maximum absolute atomic E-state index is 9.29. The van der Waals surface area contributed by atoms with E-state index < -0.39 is 0 Å². The average molecular weight is 340 g/mol. The van der Waals surface area contributed by atoms with Gasteiger partial charge in [-0.05, 0) is 38.1 Å². The third-order valence-corrected chi connectivity index (χ3v) is 3.82. The van der Waals surface area contributed by atoms with E-state index >= 15 is 0 Å². The summed E-state index contributed by atoms with van der Waals surface area (Å²) in [7, 11) is 0. The van der Waals surface area contributed by atoms with Crippen LogP contribution in [0.25, 0.3) is 0 Å². The van der Waals surface area contributed by atoms with Gasteiger partial charge < -0.3 is 9.47 Å². The molecule has 0 aliphatic carbocycles. The highest BCUT2D eigenvalue weighted by Crippen LogP contribution is 2.37. The van der Waals surface area contributed by atoms with Crippen molar-refractivity contribution in [3.05, 3.63) is 82.9 Å². The maximum Gasteiger partial charge on any atom is 0.171 e. The zero-order chi connectivity index (χ0) is 18.5. The minimum Gasteiger partial charge on any atom is -0.453 e. The molecule has 0 fully saturated rings. The van der Waals surface area contributed by atoms with Gasteiger partial charge >= 0.3 is 0 Å². The molecule has 0 aliphatic rings. The monoisotopic (exact) mass is 340 g/mol. The molecule has 0 unspecified atom stereocenters. The van der Waals surface area contributed by atoms with Gasteiger partial charge in [-0.3, -0.25) is 0 Å². The first-order chi connectivity index (χ1) is 12.6. The second kappa shape index (κ2) is 7.42. The van der Waals surface area contributed by atoms with Crippen molar-refractivity contribution in [3.8, 4) is 35.1 Å². The lowest BCUT2D eigenvalue weighted by atomic mass is 10.1. The van der Waals surface area contributed by atoms with Crippen molar-refractivity contribution in [2.24, 2.45) is 0 Å². The lowest BCUT2D eigenvalue weighted by Gasteiger charge is -2.14. The molecule has 0 radical (unpaired) electrons. The summed E-state index contributed by atoms with van der Waals surface area (Å²) >= 11 is 0. The smallest absolute Gasteiger partial charge is 0.171 e. The topological polar surface area (TPSA) is 66.0 Å². The van der Waals surface area contributed by atoms with E-state index in [0.29, 0.717) is 23.0 Å². The second-order valence-corrected chi connectivity index (χ2v) is 5.90. The van der Waals surface area contributed by atoms with Crippen molar-refractivity contribution < 1.29 is 9.47 Å². The van der Waals surface area contributed by atoms with Gasteiger partial charge in [-0.2, -0.15) is 10.5 Å². The van der Waals surface area contributed by atoms with Crippen LogP contribution >= 0.6 is 0 Å². The first kappa shape index (κ1) is 17.1. The number of aryl methyl sites for hydroxylation is 2. The summed E-state index contributed by atoms with van der Waals surface area (Å²) in [5.74, 6) is 2.01. The van der Waals surface area contributed by atoms with Crippen LogP contribution in [0.2, 0.25) is 0 Å². The number of hydrogen-bond donors (Lipinski definition) is 0. The molecule has 0 aromatic heterocycles. The number of benzene rings is 3. The van der Waals surface area contributed by atoms with Crippen molar-refractivity contribution in [3.63, 3.8) is 0 Å². The Morgan fingerprint density at radius 3 is 1.27 bits per heavy atom. The van der Waals surface area contributed by atoms with Crippen LogP contribution in [0.5, 0.6) is 23.0 Å². The molecule has 3 aromatic rings. The first-order valence-corrected chi connectivity index (χ1v) is 8.06. The molecule has 0 saturated heterocycles. The summed E-state index contributed by atoms with van der Waals surface area (Å²) in [6.07, 6.45) is 0. The highest BCUT2D eigenvalue weighted by atomic mass is 16.5. The lowest BCUT2D eigenvalue weighted by molar-refractivity contribution is 0.418. The Morgan fingerprint density at radius 1 is 0.615 bits per heavy atom. The Labute approximate surface area is 152 Å². The van der Waals surface area contributed by atoms with Gasteiger partial charge in [0.15, 0.2) is 11.5 Å². The molecule has 3 rings (SSSR count). The van der Waals surface area contributed by atoms with Crippen molar-refractivity contribution in [2.45, 2.75) is 13.8 Å². The van der Waals surface area contributed by atoms with Crippen molar-refractivity contribution >= 4 is 0 Å². The summed E-state index contributed by atoms with van der Waals surface area (Å²) in [6, 6.07) is 22.2. The average Bonchev–Trinajstić information content (AvgIpc) is 2.66. The molecule has 4 nitrogen and oxygen atoms in total. The quantitative estimate of drug-likeness (QED) is 0.617. The predicted octanol–water partition coefficient (Wildman–Crippen LogP) is 5.63. The van der Waals surface area contributed by atoms with E-state index in [2.05, 4.69) is 0 Å². The molecule has 0 heterocycles. The van der Waals surface area contributed by atoms with Gasteiger partial charge in [-0.15, -0.1) is 0 Å². The molecule has 4 heteroatoms. The maximum atomic E-state index is 9.29. The molecule has 3 aromatic carbocycles. The first-order valence-electron chi connectivity index (χ1n) is 8.06. The Kier molecular flexibility index (Phi) is 4.87.